The van der Waals surface area contributed by atoms with E-state index in [9.17, 15) is 4.79 Å². The van der Waals surface area contributed by atoms with E-state index in [4.69, 9.17) is 9.47 Å². The lowest BCUT2D eigenvalue weighted by molar-refractivity contribution is -0.127. The summed E-state index contributed by atoms with van der Waals surface area (Å²) in [4.78, 5) is 16.4. The summed E-state index contributed by atoms with van der Waals surface area (Å²) in [6.07, 6.45) is 3.44. The largest absolute Gasteiger partial charge is 0.493 e. The summed E-state index contributed by atoms with van der Waals surface area (Å²) < 4.78 is 10.5. The Hall–Kier alpha value is -1.72. The number of carbonyl (C=O) groups excluding carboxylic acids is 1. The van der Waals surface area contributed by atoms with E-state index in [1.807, 2.05) is 29.2 Å². The molecule has 1 aliphatic heterocycles. The summed E-state index contributed by atoms with van der Waals surface area (Å²) >= 11 is 0. The maximum atomic E-state index is 12.2. The molecule has 0 aromatic heterocycles. The first-order chi connectivity index (χ1) is 10.7. The molecule has 23 heavy (non-hydrogen) atoms. The smallest absolute Gasteiger partial charge is 0.246 e. The predicted octanol–water partition coefficient (Wildman–Crippen LogP) is 2.30. The topological polar surface area (TPSA) is 42.0 Å². The normalized spacial score (nSPS) is 15.3. The molecule has 1 heterocycles. The van der Waals surface area contributed by atoms with Gasteiger partial charge in [-0.15, -0.1) is 12.4 Å². The van der Waals surface area contributed by atoms with Gasteiger partial charge in [-0.1, -0.05) is 13.0 Å². The number of amides is 1. The Labute approximate surface area is 144 Å². The standard InChI is InChI=1S/C17H24N2O3.ClH/c1-4-18-9-11-19(12-10-18)17(20)8-6-14-5-7-15(21-2)16(13-14)22-3;/h5-8,13H,4,9-12H2,1-3H3;1H. The van der Waals surface area contributed by atoms with Crippen LogP contribution in [0.15, 0.2) is 24.3 Å². The highest BCUT2D eigenvalue weighted by atomic mass is 35.5. The number of rotatable bonds is 5. The van der Waals surface area contributed by atoms with Gasteiger partial charge in [0, 0.05) is 32.3 Å². The maximum absolute atomic E-state index is 12.2. The minimum atomic E-state index is 0. The highest BCUT2D eigenvalue weighted by Gasteiger charge is 2.18. The Morgan fingerprint density at radius 1 is 1.13 bits per heavy atom. The third kappa shape index (κ3) is 5.15. The van der Waals surface area contributed by atoms with Crippen molar-refractivity contribution >= 4 is 24.4 Å². The number of carbonyl (C=O) groups is 1. The van der Waals surface area contributed by atoms with Crippen molar-refractivity contribution in [2.24, 2.45) is 0 Å². The van der Waals surface area contributed by atoms with Gasteiger partial charge in [-0.25, -0.2) is 0 Å². The molecule has 0 spiro atoms. The third-order valence-corrected chi connectivity index (χ3v) is 3.96. The second kappa shape index (κ2) is 9.43. The lowest BCUT2D eigenvalue weighted by Gasteiger charge is -2.33. The van der Waals surface area contributed by atoms with Crippen LogP contribution >= 0.6 is 12.4 Å². The number of likely N-dealkylation sites (N-methyl/N-ethyl adjacent to an activating group) is 1. The zero-order chi connectivity index (χ0) is 15.9. The molecule has 0 N–H and O–H groups in total. The molecule has 1 aromatic carbocycles. The zero-order valence-corrected chi connectivity index (χ0v) is 14.8. The first-order valence-corrected chi connectivity index (χ1v) is 7.59. The summed E-state index contributed by atoms with van der Waals surface area (Å²) in [7, 11) is 3.20. The van der Waals surface area contributed by atoms with Gasteiger partial charge >= 0.3 is 0 Å². The quantitative estimate of drug-likeness (QED) is 0.771. The second-order valence-electron chi connectivity index (χ2n) is 5.21. The first-order valence-electron chi connectivity index (χ1n) is 7.59. The van der Waals surface area contributed by atoms with Crippen LogP contribution < -0.4 is 9.47 Å². The number of hydrogen-bond donors (Lipinski definition) is 0. The molecule has 0 unspecified atom stereocenters. The van der Waals surface area contributed by atoms with Crippen LogP contribution in [0.5, 0.6) is 11.5 Å². The zero-order valence-electron chi connectivity index (χ0n) is 13.9. The number of methoxy groups -OCH3 is 2. The van der Waals surface area contributed by atoms with Gasteiger partial charge in [0.1, 0.15) is 0 Å². The minimum Gasteiger partial charge on any atom is -0.493 e. The molecule has 1 fully saturated rings. The van der Waals surface area contributed by atoms with Gasteiger partial charge in [0.15, 0.2) is 11.5 Å². The summed E-state index contributed by atoms with van der Waals surface area (Å²) in [6.45, 7) is 6.68. The third-order valence-electron chi connectivity index (χ3n) is 3.96. The van der Waals surface area contributed by atoms with Gasteiger partial charge in [-0.3, -0.25) is 4.79 Å². The van der Waals surface area contributed by atoms with Crippen molar-refractivity contribution < 1.29 is 14.3 Å². The Bertz CT molecular complexity index is 541. The molecule has 6 heteroatoms. The molecule has 2 rings (SSSR count). The van der Waals surface area contributed by atoms with E-state index in [0.29, 0.717) is 11.5 Å². The van der Waals surface area contributed by atoms with Gasteiger partial charge in [-0.2, -0.15) is 0 Å². The second-order valence-corrected chi connectivity index (χ2v) is 5.21. The fraction of sp³-hybridized carbons (Fsp3) is 0.471. The molecule has 128 valence electrons. The molecule has 1 aliphatic rings. The molecule has 0 saturated carbocycles. The van der Waals surface area contributed by atoms with Crippen molar-refractivity contribution in [3.63, 3.8) is 0 Å². The predicted molar refractivity (Wildman–Crippen MR) is 94.5 cm³/mol. The van der Waals surface area contributed by atoms with Crippen LogP contribution in [-0.4, -0.2) is 62.7 Å². The Balaban J connectivity index is 0.00000264. The van der Waals surface area contributed by atoms with Gasteiger partial charge in [0.05, 0.1) is 14.2 Å². The van der Waals surface area contributed by atoms with Crippen LogP contribution in [0.3, 0.4) is 0 Å². The van der Waals surface area contributed by atoms with E-state index in [-0.39, 0.29) is 18.3 Å². The molecule has 1 aromatic rings. The van der Waals surface area contributed by atoms with Crippen LogP contribution in [0, 0.1) is 0 Å². The first kappa shape index (κ1) is 19.3. The minimum absolute atomic E-state index is 0. The van der Waals surface area contributed by atoms with Crippen molar-refractivity contribution in [3.8, 4) is 11.5 Å². The van der Waals surface area contributed by atoms with Gasteiger partial charge in [-0.05, 0) is 30.3 Å². The lowest BCUT2D eigenvalue weighted by atomic mass is 10.2. The van der Waals surface area contributed by atoms with Crippen molar-refractivity contribution in [3.05, 3.63) is 29.8 Å². The maximum Gasteiger partial charge on any atom is 0.246 e. The molecular weight excluding hydrogens is 316 g/mol. The molecule has 1 amide bonds. The van der Waals surface area contributed by atoms with E-state index < -0.39 is 0 Å². The van der Waals surface area contributed by atoms with Crippen LogP contribution in [0.1, 0.15) is 12.5 Å². The number of benzene rings is 1. The number of halogens is 1. The number of nitrogens with zero attached hydrogens (tertiary/aromatic N) is 2. The van der Waals surface area contributed by atoms with E-state index >= 15 is 0 Å². The molecule has 5 nitrogen and oxygen atoms in total. The van der Waals surface area contributed by atoms with Gasteiger partial charge in [0.25, 0.3) is 0 Å². The number of piperazine rings is 1. The van der Waals surface area contributed by atoms with E-state index in [0.717, 1.165) is 38.3 Å². The number of hydrogen-bond acceptors (Lipinski definition) is 4. The van der Waals surface area contributed by atoms with Gasteiger partial charge in [0.2, 0.25) is 5.91 Å². The molecule has 1 saturated heterocycles. The summed E-state index contributed by atoms with van der Waals surface area (Å²) in [5, 5.41) is 0. The molecule has 0 aliphatic carbocycles. The lowest BCUT2D eigenvalue weighted by Crippen LogP contribution is -2.48. The van der Waals surface area contributed by atoms with Crippen molar-refractivity contribution in [1.82, 2.24) is 9.80 Å². The SMILES string of the molecule is CCN1CCN(C(=O)C=Cc2ccc(OC)c(OC)c2)CC1.Cl. The average molecular weight is 341 g/mol. The van der Waals surface area contributed by atoms with E-state index in [1.54, 1.807) is 20.3 Å². The highest BCUT2D eigenvalue weighted by molar-refractivity contribution is 5.92. The Morgan fingerprint density at radius 3 is 2.35 bits per heavy atom. The molecule has 0 atom stereocenters. The fourth-order valence-corrected chi connectivity index (χ4v) is 2.51. The fourth-order valence-electron chi connectivity index (χ4n) is 2.51. The molecular formula is C17H25ClN2O3. The molecule has 0 bridgehead atoms. The van der Waals surface area contributed by atoms with E-state index in [2.05, 4.69) is 11.8 Å². The van der Waals surface area contributed by atoms with Gasteiger partial charge < -0.3 is 19.3 Å². The Kier molecular flexibility index (Phi) is 7.92. The van der Waals surface area contributed by atoms with Crippen molar-refractivity contribution in [1.29, 1.82) is 0 Å². The highest BCUT2D eigenvalue weighted by Crippen LogP contribution is 2.27. The number of ether oxygens (including phenoxy) is 2. The van der Waals surface area contributed by atoms with Crippen LogP contribution in [0.2, 0.25) is 0 Å². The summed E-state index contributed by atoms with van der Waals surface area (Å²) in [6, 6.07) is 5.60. The molecule has 0 radical (unpaired) electrons. The summed E-state index contributed by atoms with van der Waals surface area (Å²) in [5.41, 5.74) is 0.915. The van der Waals surface area contributed by atoms with Crippen LogP contribution in [0.4, 0.5) is 0 Å². The average Bonchev–Trinajstić information content (AvgIpc) is 2.59. The monoisotopic (exact) mass is 340 g/mol. The van der Waals surface area contributed by atoms with Crippen LogP contribution in [0.25, 0.3) is 6.08 Å². The van der Waals surface area contributed by atoms with Crippen LogP contribution in [-0.2, 0) is 4.79 Å². The summed E-state index contributed by atoms with van der Waals surface area (Å²) in [5.74, 6) is 1.40. The Morgan fingerprint density at radius 2 is 1.78 bits per heavy atom. The van der Waals surface area contributed by atoms with E-state index in [1.165, 1.54) is 0 Å². The van der Waals surface area contributed by atoms with Crippen molar-refractivity contribution in [2.75, 3.05) is 46.9 Å². The van der Waals surface area contributed by atoms with Crippen molar-refractivity contribution in [2.45, 2.75) is 6.92 Å².